The van der Waals surface area contributed by atoms with E-state index in [9.17, 15) is 9.90 Å². The van der Waals surface area contributed by atoms with E-state index in [0.717, 1.165) is 12.8 Å². The van der Waals surface area contributed by atoms with Gasteiger partial charge in [0.05, 0.1) is 0 Å². The van der Waals surface area contributed by atoms with Crippen LogP contribution in [0.2, 0.25) is 0 Å². The van der Waals surface area contributed by atoms with Gasteiger partial charge in [-0.15, -0.1) is 0 Å². The minimum atomic E-state index is -0.989. The van der Waals surface area contributed by atoms with Crippen molar-refractivity contribution in [3.05, 3.63) is 23.2 Å². The topological polar surface area (TPSA) is 70.7 Å². The fraction of sp³-hybridized carbons (Fsp3) is 0.364. The average Bonchev–Trinajstić information content (AvgIpc) is 3.01. The van der Waals surface area contributed by atoms with E-state index in [1.54, 1.807) is 23.0 Å². The van der Waals surface area contributed by atoms with Crippen LogP contribution < -0.4 is 4.90 Å². The molecule has 3 rings (SSSR count). The van der Waals surface area contributed by atoms with Gasteiger partial charge in [-0.3, -0.25) is 4.90 Å². The van der Waals surface area contributed by atoms with Gasteiger partial charge in [0.2, 0.25) is 0 Å². The molecule has 0 atom stereocenters. The van der Waals surface area contributed by atoms with Gasteiger partial charge in [-0.1, -0.05) is 0 Å². The summed E-state index contributed by atoms with van der Waals surface area (Å²) in [7, 11) is 0. The Bertz CT molecular complexity index is 608. The van der Waals surface area contributed by atoms with E-state index in [1.807, 2.05) is 0 Å². The summed E-state index contributed by atoms with van der Waals surface area (Å²) < 4.78 is 2.35. The van der Waals surface area contributed by atoms with Gasteiger partial charge in [-0.25, -0.2) is 14.8 Å². The zero-order valence-corrected chi connectivity index (χ0v) is 11.0. The van der Waals surface area contributed by atoms with Gasteiger partial charge in [-0.2, -0.15) is 0 Å². The molecule has 1 fully saturated rings. The lowest BCUT2D eigenvalue weighted by Gasteiger charge is -2.18. The van der Waals surface area contributed by atoms with Crippen molar-refractivity contribution in [2.45, 2.75) is 12.8 Å². The molecule has 7 heteroatoms. The molecular formula is C11H11BrN4O2. The first-order valence-electron chi connectivity index (χ1n) is 5.65. The maximum Gasteiger partial charge on any atom is 0.413 e. The van der Waals surface area contributed by atoms with E-state index in [0.29, 0.717) is 28.5 Å². The zero-order valence-electron chi connectivity index (χ0n) is 9.45. The first-order valence-corrected chi connectivity index (χ1v) is 6.44. The number of imidazole rings is 1. The number of anilines is 1. The van der Waals surface area contributed by atoms with Gasteiger partial charge in [0.25, 0.3) is 0 Å². The molecule has 2 aromatic rings. The second-order valence-corrected chi connectivity index (χ2v) is 5.19. The molecule has 0 spiro atoms. The second-order valence-electron chi connectivity index (χ2n) is 4.38. The summed E-state index contributed by atoms with van der Waals surface area (Å²) in [5.74, 6) is 0.839. The summed E-state index contributed by atoms with van der Waals surface area (Å²) in [6.07, 6.45) is 6.33. The lowest BCUT2D eigenvalue weighted by Crippen LogP contribution is -2.32. The Balaban J connectivity index is 2.08. The highest BCUT2D eigenvalue weighted by Gasteiger charge is 2.29. The smallest absolute Gasteiger partial charge is 0.413 e. The molecule has 1 amide bonds. The van der Waals surface area contributed by atoms with Crippen LogP contribution in [0.25, 0.3) is 5.65 Å². The van der Waals surface area contributed by atoms with Crippen LogP contribution in [0.15, 0.2) is 23.2 Å². The molecule has 2 aromatic heterocycles. The lowest BCUT2D eigenvalue weighted by atomic mass is 10.4. The van der Waals surface area contributed by atoms with Crippen molar-refractivity contribution in [2.24, 2.45) is 5.92 Å². The third-order valence-corrected chi connectivity index (χ3v) is 3.33. The summed E-state index contributed by atoms with van der Waals surface area (Å²) in [6.45, 7) is 0.487. The van der Waals surface area contributed by atoms with Gasteiger partial charge >= 0.3 is 6.09 Å². The monoisotopic (exact) mass is 310 g/mol. The average molecular weight is 311 g/mol. The van der Waals surface area contributed by atoms with Crippen LogP contribution in [0.3, 0.4) is 0 Å². The predicted molar refractivity (Wildman–Crippen MR) is 68.8 cm³/mol. The van der Waals surface area contributed by atoms with Crippen LogP contribution in [0.1, 0.15) is 12.8 Å². The molecule has 0 aromatic carbocycles. The number of amides is 1. The van der Waals surface area contributed by atoms with Crippen LogP contribution in [-0.4, -0.2) is 32.1 Å². The molecule has 18 heavy (non-hydrogen) atoms. The van der Waals surface area contributed by atoms with E-state index < -0.39 is 6.09 Å². The molecule has 1 saturated carbocycles. The van der Waals surface area contributed by atoms with Crippen molar-refractivity contribution >= 4 is 33.5 Å². The summed E-state index contributed by atoms with van der Waals surface area (Å²) >= 11 is 3.29. The lowest BCUT2D eigenvalue weighted by molar-refractivity contribution is 0.201. The Morgan fingerprint density at radius 3 is 3.06 bits per heavy atom. The molecule has 6 nitrogen and oxygen atoms in total. The van der Waals surface area contributed by atoms with Gasteiger partial charge in [0.1, 0.15) is 4.60 Å². The number of halogens is 1. The highest BCUT2D eigenvalue weighted by Crippen LogP contribution is 2.32. The summed E-state index contributed by atoms with van der Waals surface area (Å²) in [5.41, 5.74) is 0.557. The standard InChI is InChI=1S/C11H11BrN4O2/c12-8-6-15-4-3-13-9(15)10(14-8)16(11(17)18)5-7-1-2-7/h3-4,6-7H,1-2,5H2,(H,17,18). The highest BCUT2D eigenvalue weighted by molar-refractivity contribution is 9.10. The van der Waals surface area contributed by atoms with E-state index in [1.165, 1.54) is 4.90 Å². The van der Waals surface area contributed by atoms with Gasteiger partial charge in [0.15, 0.2) is 11.5 Å². The Morgan fingerprint density at radius 2 is 2.39 bits per heavy atom. The number of carboxylic acid groups (broad SMARTS) is 1. The SMILES string of the molecule is O=C(O)N(CC1CC1)c1nc(Br)cn2ccnc12. The number of fused-ring (bicyclic) bond motifs is 1. The Morgan fingerprint density at radius 1 is 1.61 bits per heavy atom. The van der Waals surface area contributed by atoms with E-state index >= 15 is 0 Å². The summed E-state index contributed by atoms with van der Waals surface area (Å²) in [5, 5.41) is 9.32. The molecule has 0 saturated heterocycles. The van der Waals surface area contributed by atoms with Gasteiger partial charge < -0.3 is 9.51 Å². The number of aromatic nitrogens is 3. The molecular weight excluding hydrogens is 300 g/mol. The fourth-order valence-electron chi connectivity index (χ4n) is 1.88. The number of carbonyl (C=O) groups is 1. The van der Waals surface area contributed by atoms with Crippen molar-refractivity contribution in [3.63, 3.8) is 0 Å². The van der Waals surface area contributed by atoms with Crippen LogP contribution >= 0.6 is 15.9 Å². The number of hydrogen-bond acceptors (Lipinski definition) is 3. The number of hydrogen-bond donors (Lipinski definition) is 1. The number of nitrogens with zero attached hydrogens (tertiary/aromatic N) is 4. The van der Waals surface area contributed by atoms with Crippen LogP contribution in [-0.2, 0) is 0 Å². The van der Waals surface area contributed by atoms with E-state index in [2.05, 4.69) is 25.9 Å². The van der Waals surface area contributed by atoms with Crippen molar-refractivity contribution in [1.82, 2.24) is 14.4 Å². The minimum Gasteiger partial charge on any atom is -0.465 e. The van der Waals surface area contributed by atoms with Crippen LogP contribution in [0.5, 0.6) is 0 Å². The van der Waals surface area contributed by atoms with Gasteiger partial charge in [-0.05, 0) is 34.7 Å². The van der Waals surface area contributed by atoms with Crippen LogP contribution in [0, 0.1) is 5.92 Å². The quantitative estimate of drug-likeness (QED) is 0.945. The first kappa shape index (κ1) is 11.5. The highest BCUT2D eigenvalue weighted by atomic mass is 79.9. The van der Waals surface area contributed by atoms with Crippen molar-refractivity contribution < 1.29 is 9.90 Å². The molecule has 94 valence electrons. The summed E-state index contributed by atoms with van der Waals surface area (Å²) in [6, 6.07) is 0. The molecule has 1 N–H and O–H groups in total. The zero-order chi connectivity index (χ0) is 12.7. The third-order valence-electron chi connectivity index (χ3n) is 2.95. The third kappa shape index (κ3) is 2.05. The molecule has 0 bridgehead atoms. The molecule has 0 aliphatic heterocycles. The minimum absolute atomic E-state index is 0.383. The molecule has 2 heterocycles. The molecule has 0 unspecified atom stereocenters. The van der Waals surface area contributed by atoms with E-state index in [4.69, 9.17) is 0 Å². The molecule has 1 aliphatic rings. The largest absolute Gasteiger partial charge is 0.465 e. The fourth-order valence-corrected chi connectivity index (χ4v) is 2.27. The van der Waals surface area contributed by atoms with E-state index in [-0.39, 0.29) is 0 Å². The number of rotatable bonds is 3. The van der Waals surface area contributed by atoms with Crippen molar-refractivity contribution in [2.75, 3.05) is 11.4 Å². The summed E-state index contributed by atoms with van der Waals surface area (Å²) in [4.78, 5) is 21.1. The van der Waals surface area contributed by atoms with Gasteiger partial charge in [0, 0.05) is 25.1 Å². The Hall–Kier alpha value is -1.63. The normalized spacial score (nSPS) is 14.9. The second kappa shape index (κ2) is 4.24. The first-order chi connectivity index (χ1) is 8.65. The maximum atomic E-state index is 11.4. The maximum absolute atomic E-state index is 11.4. The molecule has 0 radical (unpaired) electrons. The Kier molecular flexibility index (Phi) is 2.70. The Labute approximate surface area is 111 Å². The van der Waals surface area contributed by atoms with Crippen molar-refractivity contribution in [1.29, 1.82) is 0 Å². The van der Waals surface area contributed by atoms with Crippen LogP contribution in [0.4, 0.5) is 10.6 Å². The predicted octanol–water partition coefficient (Wildman–Crippen LogP) is 2.39. The molecule has 1 aliphatic carbocycles. The van der Waals surface area contributed by atoms with Crippen molar-refractivity contribution in [3.8, 4) is 0 Å².